The van der Waals surface area contributed by atoms with E-state index in [9.17, 15) is 9.59 Å². The number of fused-ring (bicyclic) bond motifs is 4. The summed E-state index contributed by atoms with van der Waals surface area (Å²) in [5.74, 6) is 0.886. The van der Waals surface area contributed by atoms with Crippen LogP contribution in [0.15, 0.2) is 36.5 Å². The first kappa shape index (κ1) is 22.2. The van der Waals surface area contributed by atoms with Gasteiger partial charge in [-0.3, -0.25) is 9.59 Å². The Balaban J connectivity index is 1.40. The Morgan fingerprint density at radius 2 is 1.65 bits per heavy atom. The highest BCUT2D eigenvalue weighted by Crippen LogP contribution is 2.53. The third-order valence-corrected chi connectivity index (χ3v) is 7.51. The van der Waals surface area contributed by atoms with E-state index in [0.717, 1.165) is 49.8 Å². The van der Waals surface area contributed by atoms with Gasteiger partial charge < -0.3 is 19.5 Å². The van der Waals surface area contributed by atoms with Crippen molar-refractivity contribution in [3.05, 3.63) is 42.2 Å². The molecule has 0 aliphatic heterocycles. The molecule has 0 spiro atoms. The highest BCUT2D eigenvalue weighted by atomic mass is 16.5. The number of hydrogen-bond donors (Lipinski definition) is 1. The molecule has 2 heterocycles. The zero-order valence-corrected chi connectivity index (χ0v) is 19.6. The standard InChI is InChI=1S/C25H28N4O5/c1-32-19-5-4-16(14-20(19)33-2)18-6-13-26-21-15-17(28-29(18)21)22(30)27-25-10-7-24(8-11-25,9-12-25)23(31)34-3/h4-6,13-15H,7-12H2,1-3H3,(H,27,30). The number of hydrogen-bond acceptors (Lipinski definition) is 7. The molecule has 0 saturated heterocycles. The van der Waals surface area contributed by atoms with Crippen LogP contribution in [0.3, 0.4) is 0 Å². The van der Waals surface area contributed by atoms with Crippen molar-refractivity contribution in [1.29, 1.82) is 0 Å². The number of nitrogens with one attached hydrogen (secondary N) is 1. The predicted molar refractivity (Wildman–Crippen MR) is 124 cm³/mol. The highest BCUT2D eigenvalue weighted by Gasteiger charge is 2.53. The van der Waals surface area contributed by atoms with Crippen molar-refractivity contribution in [2.24, 2.45) is 5.41 Å². The van der Waals surface area contributed by atoms with Gasteiger partial charge in [0.05, 0.1) is 32.4 Å². The first-order chi connectivity index (χ1) is 16.4. The summed E-state index contributed by atoms with van der Waals surface area (Å²) < 4.78 is 17.5. The van der Waals surface area contributed by atoms with Gasteiger partial charge in [0.1, 0.15) is 0 Å². The Labute approximate surface area is 197 Å². The lowest BCUT2D eigenvalue weighted by molar-refractivity contribution is -0.160. The molecule has 2 bridgehead atoms. The Kier molecular flexibility index (Phi) is 5.42. The van der Waals surface area contributed by atoms with E-state index in [1.54, 1.807) is 31.0 Å². The molecule has 9 heteroatoms. The van der Waals surface area contributed by atoms with Crippen LogP contribution >= 0.6 is 0 Å². The number of ether oxygens (including phenoxy) is 3. The maximum Gasteiger partial charge on any atom is 0.311 e. The van der Waals surface area contributed by atoms with Crippen molar-refractivity contribution in [1.82, 2.24) is 19.9 Å². The second kappa shape index (κ2) is 8.30. The molecular formula is C25H28N4O5. The molecule has 3 aliphatic rings. The summed E-state index contributed by atoms with van der Waals surface area (Å²) in [6, 6.07) is 9.15. The maximum atomic E-state index is 13.2. The van der Waals surface area contributed by atoms with E-state index < -0.39 is 0 Å². The lowest BCUT2D eigenvalue weighted by Gasteiger charge is -2.51. The van der Waals surface area contributed by atoms with Gasteiger partial charge in [0.2, 0.25) is 0 Å². The number of esters is 1. The van der Waals surface area contributed by atoms with Crippen molar-refractivity contribution in [3.63, 3.8) is 0 Å². The van der Waals surface area contributed by atoms with Gasteiger partial charge in [-0.05, 0) is 62.8 Å². The zero-order chi connectivity index (χ0) is 23.9. The monoisotopic (exact) mass is 464 g/mol. The zero-order valence-electron chi connectivity index (χ0n) is 19.6. The van der Waals surface area contributed by atoms with Crippen LogP contribution in [0.2, 0.25) is 0 Å². The Morgan fingerprint density at radius 3 is 2.29 bits per heavy atom. The van der Waals surface area contributed by atoms with Gasteiger partial charge in [-0.25, -0.2) is 9.50 Å². The van der Waals surface area contributed by atoms with Gasteiger partial charge in [-0.2, -0.15) is 5.10 Å². The average molecular weight is 465 g/mol. The van der Waals surface area contributed by atoms with Gasteiger partial charge in [0, 0.05) is 23.4 Å². The van der Waals surface area contributed by atoms with Crippen LogP contribution in [0.25, 0.3) is 16.9 Å². The summed E-state index contributed by atoms with van der Waals surface area (Å²) in [5.41, 5.74) is 1.83. The van der Waals surface area contributed by atoms with Gasteiger partial charge in [0.15, 0.2) is 22.8 Å². The van der Waals surface area contributed by atoms with E-state index in [4.69, 9.17) is 14.2 Å². The fourth-order valence-corrected chi connectivity index (χ4v) is 5.42. The smallest absolute Gasteiger partial charge is 0.311 e. The topological polar surface area (TPSA) is 104 Å². The summed E-state index contributed by atoms with van der Waals surface area (Å²) in [4.78, 5) is 29.9. The number of carbonyl (C=O) groups is 2. The van der Waals surface area contributed by atoms with Crippen LogP contribution in [-0.2, 0) is 9.53 Å². The second-order valence-electron chi connectivity index (χ2n) is 9.21. The molecule has 1 amide bonds. The molecule has 0 atom stereocenters. The summed E-state index contributed by atoms with van der Waals surface area (Å²) >= 11 is 0. The largest absolute Gasteiger partial charge is 0.493 e. The van der Waals surface area contributed by atoms with Gasteiger partial charge in [0.25, 0.3) is 5.91 Å². The average Bonchev–Trinajstić information content (AvgIpc) is 3.33. The van der Waals surface area contributed by atoms with Gasteiger partial charge in [-0.1, -0.05) is 0 Å². The number of nitrogens with zero attached hydrogens (tertiary/aromatic N) is 3. The molecule has 178 valence electrons. The number of amides is 1. The number of benzene rings is 1. The summed E-state index contributed by atoms with van der Waals surface area (Å²) in [5, 5.41) is 7.81. The van der Waals surface area contributed by atoms with Crippen molar-refractivity contribution in [2.45, 2.75) is 44.1 Å². The molecule has 3 aliphatic carbocycles. The lowest BCUT2D eigenvalue weighted by Crippen LogP contribution is -2.58. The molecule has 0 unspecified atom stereocenters. The van der Waals surface area contributed by atoms with Crippen molar-refractivity contribution < 1.29 is 23.8 Å². The van der Waals surface area contributed by atoms with E-state index in [1.165, 1.54) is 7.11 Å². The molecule has 1 N–H and O–H groups in total. The SMILES string of the molecule is COC(=O)C12CCC(NC(=O)c3cc4nccc(-c5ccc(OC)c(OC)c5)n4n3)(CC1)CC2. The fourth-order valence-electron chi connectivity index (χ4n) is 5.42. The predicted octanol–water partition coefficient (Wildman–Crippen LogP) is 3.41. The first-order valence-corrected chi connectivity index (χ1v) is 11.4. The molecule has 34 heavy (non-hydrogen) atoms. The molecule has 1 aromatic carbocycles. The quantitative estimate of drug-likeness (QED) is 0.558. The number of rotatable bonds is 6. The van der Waals surface area contributed by atoms with Gasteiger partial charge in [-0.15, -0.1) is 0 Å². The van der Waals surface area contributed by atoms with E-state index in [2.05, 4.69) is 15.4 Å². The van der Waals surface area contributed by atoms with E-state index >= 15 is 0 Å². The first-order valence-electron chi connectivity index (χ1n) is 11.4. The number of carbonyl (C=O) groups excluding carboxylic acids is 2. The summed E-state index contributed by atoms with van der Waals surface area (Å²) in [6.45, 7) is 0. The second-order valence-corrected chi connectivity index (χ2v) is 9.21. The van der Waals surface area contributed by atoms with Crippen LogP contribution in [0.5, 0.6) is 11.5 Å². The molecular weight excluding hydrogens is 436 g/mol. The maximum absolute atomic E-state index is 13.2. The minimum absolute atomic E-state index is 0.124. The molecule has 3 fully saturated rings. The van der Waals surface area contributed by atoms with Crippen LogP contribution in [-0.4, -0.2) is 53.3 Å². The van der Waals surface area contributed by atoms with E-state index in [0.29, 0.717) is 22.8 Å². The van der Waals surface area contributed by atoms with Crippen molar-refractivity contribution >= 4 is 17.5 Å². The molecule has 6 rings (SSSR count). The number of methoxy groups -OCH3 is 3. The van der Waals surface area contributed by atoms with Crippen molar-refractivity contribution in [2.75, 3.05) is 21.3 Å². The lowest BCUT2D eigenvalue weighted by atomic mass is 9.57. The van der Waals surface area contributed by atoms with E-state index in [1.807, 2.05) is 24.3 Å². The summed E-state index contributed by atoms with van der Waals surface area (Å²) in [7, 11) is 4.63. The Hall–Kier alpha value is -3.62. The third-order valence-electron chi connectivity index (χ3n) is 7.51. The molecule has 9 nitrogen and oxygen atoms in total. The minimum Gasteiger partial charge on any atom is -0.493 e. The Morgan fingerprint density at radius 1 is 0.941 bits per heavy atom. The molecule has 2 aromatic heterocycles. The van der Waals surface area contributed by atoms with Crippen molar-refractivity contribution in [3.8, 4) is 22.8 Å². The highest BCUT2D eigenvalue weighted by molar-refractivity contribution is 5.94. The van der Waals surface area contributed by atoms with Crippen LogP contribution < -0.4 is 14.8 Å². The van der Waals surface area contributed by atoms with Crippen LogP contribution in [0, 0.1) is 5.41 Å². The van der Waals surface area contributed by atoms with E-state index in [-0.39, 0.29) is 22.8 Å². The molecule has 0 radical (unpaired) electrons. The van der Waals surface area contributed by atoms with Crippen LogP contribution in [0.1, 0.15) is 49.0 Å². The third kappa shape index (κ3) is 3.55. The van der Waals surface area contributed by atoms with Gasteiger partial charge >= 0.3 is 5.97 Å². The Bertz CT molecular complexity index is 1240. The summed E-state index contributed by atoms with van der Waals surface area (Å²) in [6.07, 6.45) is 6.17. The molecule has 3 aromatic rings. The minimum atomic E-state index is -0.386. The number of aromatic nitrogens is 3. The fraction of sp³-hybridized carbons (Fsp3) is 0.440. The molecule has 3 saturated carbocycles. The normalized spacial score (nSPS) is 23.5. The van der Waals surface area contributed by atoms with Crippen LogP contribution in [0.4, 0.5) is 0 Å².